The Morgan fingerprint density at radius 1 is 1.11 bits per heavy atom. The summed E-state index contributed by atoms with van der Waals surface area (Å²) in [5.74, 6) is -0.0916. The number of nitro benzene ring substituents is 1. The van der Waals surface area contributed by atoms with Gasteiger partial charge in [-0.3, -0.25) is 19.5 Å². The smallest absolute Gasteiger partial charge is 0.269 e. The number of rotatable bonds is 10. The van der Waals surface area contributed by atoms with Crippen LogP contribution in [0.5, 0.6) is 11.5 Å². The zero-order valence-corrected chi connectivity index (χ0v) is 27.4. The molecule has 1 aromatic heterocycles. The summed E-state index contributed by atoms with van der Waals surface area (Å²) in [6, 6.07) is 9.96. The number of aryl methyl sites for hydroxylation is 1. The molecule has 9 nitrogen and oxygen atoms in total. The first-order chi connectivity index (χ1) is 21.0. The van der Waals surface area contributed by atoms with Crippen molar-refractivity contribution in [2.24, 2.45) is 10.9 Å². The fourth-order valence-corrected chi connectivity index (χ4v) is 4.01. The van der Waals surface area contributed by atoms with Crippen molar-refractivity contribution in [3.63, 3.8) is 0 Å². The predicted molar refractivity (Wildman–Crippen MR) is 175 cm³/mol. The number of non-ortho nitro benzene ring substituents is 1. The molecular formula is C34H44FN3O6. The maximum Gasteiger partial charge on any atom is 0.269 e. The number of aromatic nitrogens is 1. The summed E-state index contributed by atoms with van der Waals surface area (Å²) >= 11 is 0. The molecule has 238 valence electrons. The molecule has 2 aromatic carbocycles. The highest BCUT2D eigenvalue weighted by atomic mass is 19.1. The van der Waals surface area contributed by atoms with Crippen LogP contribution in [0.2, 0.25) is 0 Å². The molecule has 1 heterocycles. The van der Waals surface area contributed by atoms with E-state index >= 15 is 4.39 Å². The van der Waals surface area contributed by atoms with Gasteiger partial charge in [-0.2, -0.15) is 0 Å². The third-order valence-corrected chi connectivity index (χ3v) is 6.01. The summed E-state index contributed by atoms with van der Waals surface area (Å²) in [4.78, 5) is 27.6. The van der Waals surface area contributed by atoms with Crippen molar-refractivity contribution in [1.82, 2.24) is 4.57 Å². The standard InChI is InChI=1S/C30H32FN3O6.2C2H6/c1-8-32-30(23(18(2)3)16-27(38-7)19(4)5)40-26-14-13-25-24(29(26)31)15-20(6)33(25)28(35)17-39-22-11-9-21(10-12-22)34(36)37;2*1-2/h8-16,18H,1,17H2,2-7H3;2*1-2H3/b23-16+,32-30?;;. The van der Waals surface area contributed by atoms with Gasteiger partial charge in [-0.15, -0.1) is 0 Å². The monoisotopic (exact) mass is 609 g/mol. The van der Waals surface area contributed by atoms with Gasteiger partial charge in [-0.25, -0.2) is 9.38 Å². The summed E-state index contributed by atoms with van der Waals surface area (Å²) in [5, 5.41) is 11.0. The molecule has 0 radical (unpaired) electrons. The minimum atomic E-state index is -0.655. The average molecular weight is 610 g/mol. The molecule has 0 atom stereocenters. The third kappa shape index (κ3) is 9.39. The number of allylic oxidation sites excluding steroid dienone is 2. The number of fused-ring (bicyclic) bond motifs is 1. The van der Waals surface area contributed by atoms with E-state index in [9.17, 15) is 14.9 Å². The van der Waals surface area contributed by atoms with Gasteiger partial charge >= 0.3 is 0 Å². The Hall–Kier alpha value is -4.73. The summed E-state index contributed by atoms with van der Waals surface area (Å²) in [6.07, 6.45) is 3.13. The van der Waals surface area contributed by atoms with Crippen molar-refractivity contribution in [2.75, 3.05) is 13.7 Å². The van der Waals surface area contributed by atoms with Gasteiger partial charge in [0.15, 0.2) is 18.2 Å². The van der Waals surface area contributed by atoms with Gasteiger partial charge in [0, 0.05) is 35.0 Å². The van der Waals surface area contributed by atoms with Crippen molar-refractivity contribution in [3.05, 3.63) is 99.9 Å². The molecule has 0 aliphatic heterocycles. The lowest BCUT2D eigenvalue weighted by Crippen LogP contribution is -2.20. The Morgan fingerprint density at radius 2 is 1.73 bits per heavy atom. The van der Waals surface area contributed by atoms with Crippen molar-refractivity contribution >= 4 is 28.4 Å². The number of nitrogens with zero attached hydrogens (tertiary/aromatic N) is 3. The van der Waals surface area contributed by atoms with E-state index in [0.717, 1.165) is 5.57 Å². The average Bonchev–Trinajstić information content (AvgIpc) is 3.36. The Morgan fingerprint density at radius 3 is 2.23 bits per heavy atom. The number of halogens is 1. The van der Waals surface area contributed by atoms with Crippen LogP contribution in [0.15, 0.2) is 83.2 Å². The van der Waals surface area contributed by atoms with Crippen LogP contribution in [0.4, 0.5) is 10.1 Å². The van der Waals surface area contributed by atoms with Crippen LogP contribution in [0, 0.1) is 28.8 Å². The van der Waals surface area contributed by atoms with Crippen LogP contribution < -0.4 is 9.47 Å². The normalized spacial score (nSPS) is 11.1. The highest BCUT2D eigenvalue weighted by Gasteiger charge is 2.22. The van der Waals surface area contributed by atoms with Crippen molar-refractivity contribution in [1.29, 1.82) is 0 Å². The molecule has 0 amide bonds. The summed E-state index contributed by atoms with van der Waals surface area (Å²) in [7, 11) is 1.57. The molecule has 0 saturated carbocycles. The first-order valence-corrected chi connectivity index (χ1v) is 14.5. The number of hydrogen-bond donors (Lipinski definition) is 0. The molecule has 0 N–H and O–H groups in total. The van der Waals surface area contributed by atoms with E-state index < -0.39 is 16.6 Å². The van der Waals surface area contributed by atoms with Crippen LogP contribution in [0.3, 0.4) is 0 Å². The van der Waals surface area contributed by atoms with E-state index in [0.29, 0.717) is 28.3 Å². The molecule has 0 aliphatic carbocycles. The predicted octanol–water partition coefficient (Wildman–Crippen LogP) is 9.21. The maximum absolute atomic E-state index is 15.7. The number of aliphatic imine (C=N–C) groups is 1. The van der Waals surface area contributed by atoms with Crippen LogP contribution >= 0.6 is 0 Å². The number of ether oxygens (including phenoxy) is 3. The highest BCUT2D eigenvalue weighted by Crippen LogP contribution is 2.31. The Labute approximate surface area is 259 Å². The van der Waals surface area contributed by atoms with Crippen LogP contribution in [-0.4, -0.2) is 35.0 Å². The first-order valence-electron chi connectivity index (χ1n) is 14.5. The fraction of sp³-hybridized carbons (Fsp3) is 0.353. The minimum Gasteiger partial charge on any atom is -0.497 e. The number of carbonyl (C=O) groups is 1. The maximum atomic E-state index is 15.7. The minimum absolute atomic E-state index is 0.0355. The van der Waals surface area contributed by atoms with Gasteiger partial charge in [0.25, 0.3) is 11.6 Å². The molecule has 0 spiro atoms. The van der Waals surface area contributed by atoms with Crippen LogP contribution in [0.1, 0.15) is 65.9 Å². The Balaban J connectivity index is 0.00000232. The Bertz CT molecular complexity index is 1530. The second kappa shape index (κ2) is 18.0. The highest BCUT2D eigenvalue weighted by molar-refractivity contribution is 5.98. The van der Waals surface area contributed by atoms with E-state index in [1.54, 1.807) is 26.2 Å². The van der Waals surface area contributed by atoms with Gasteiger partial charge in [0.2, 0.25) is 5.90 Å². The van der Waals surface area contributed by atoms with E-state index in [2.05, 4.69) is 11.6 Å². The summed E-state index contributed by atoms with van der Waals surface area (Å²) < 4.78 is 34.0. The quantitative estimate of drug-likeness (QED) is 0.0567. The lowest BCUT2D eigenvalue weighted by molar-refractivity contribution is -0.384. The molecule has 10 heteroatoms. The molecule has 0 aliphatic rings. The molecule has 3 aromatic rings. The van der Waals surface area contributed by atoms with Gasteiger partial charge in [-0.1, -0.05) is 48.1 Å². The van der Waals surface area contributed by atoms with Gasteiger partial charge in [-0.05, 0) is 68.7 Å². The number of benzene rings is 2. The zero-order valence-electron chi connectivity index (χ0n) is 27.4. The second-order valence-corrected chi connectivity index (χ2v) is 9.41. The molecule has 3 rings (SSSR count). The molecular weight excluding hydrogens is 565 g/mol. The fourth-order valence-electron chi connectivity index (χ4n) is 4.01. The third-order valence-electron chi connectivity index (χ3n) is 6.01. The Kier molecular flexibility index (Phi) is 15.3. The summed E-state index contributed by atoms with van der Waals surface area (Å²) in [5.41, 5.74) is 2.38. The zero-order chi connectivity index (χ0) is 33.6. The number of methoxy groups -OCH3 is 1. The second-order valence-electron chi connectivity index (χ2n) is 9.41. The van der Waals surface area contributed by atoms with Gasteiger partial charge < -0.3 is 14.2 Å². The van der Waals surface area contributed by atoms with Gasteiger partial charge in [0.05, 0.1) is 17.5 Å². The van der Waals surface area contributed by atoms with Crippen LogP contribution in [0.25, 0.3) is 10.9 Å². The lowest BCUT2D eigenvalue weighted by atomic mass is 10.0. The lowest BCUT2D eigenvalue weighted by Gasteiger charge is -2.17. The molecule has 0 bridgehead atoms. The SMILES string of the molecule is C=CN=C(Oc1ccc2c(cc(C)n2C(=O)COc2ccc([N+](=O)[O-])cc2)c1F)/C(=C/C(OC)=C(C)C)C(C)C.CC.CC. The van der Waals surface area contributed by atoms with Crippen molar-refractivity contribution in [3.8, 4) is 11.5 Å². The van der Waals surface area contributed by atoms with Crippen molar-refractivity contribution < 1.29 is 28.3 Å². The van der Waals surface area contributed by atoms with E-state index in [1.807, 2.05) is 61.5 Å². The number of nitro groups is 1. The van der Waals surface area contributed by atoms with Crippen LogP contribution in [-0.2, 0) is 4.74 Å². The molecule has 0 fully saturated rings. The largest absolute Gasteiger partial charge is 0.497 e. The summed E-state index contributed by atoms with van der Waals surface area (Å²) in [6.45, 7) is 20.7. The molecule has 0 saturated heterocycles. The van der Waals surface area contributed by atoms with Gasteiger partial charge in [0.1, 0.15) is 11.5 Å². The first kappa shape index (κ1) is 37.3. The number of carbonyl (C=O) groups excluding carboxylic acids is 1. The topological polar surface area (TPSA) is 105 Å². The van der Waals surface area contributed by atoms with E-state index in [1.165, 1.54) is 41.1 Å². The number of hydrogen-bond acceptors (Lipinski definition) is 7. The van der Waals surface area contributed by atoms with E-state index in [4.69, 9.17) is 14.2 Å². The van der Waals surface area contributed by atoms with E-state index in [-0.39, 0.29) is 35.2 Å². The molecule has 0 unspecified atom stereocenters. The molecule has 44 heavy (non-hydrogen) atoms. The van der Waals surface area contributed by atoms with Crippen molar-refractivity contribution in [2.45, 2.75) is 62.3 Å².